The lowest BCUT2D eigenvalue weighted by molar-refractivity contribution is 1.18. The van der Waals surface area contributed by atoms with Crippen molar-refractivity contribution in [1.82, 2.24) is 9.97 Å². The van der Waals surface area contributed by atoms with E-state index in [9.17, 15) is 0 Å². The molecule has 2 aromatic heterocycles. The van der Waals surface area contributed by atoms with E-state index in [-0.39, 0.29) is 0 Å². The molecule has 0 saturated carbocycles. The van der Waals surface area contributed by atoms with Crippen molar-refractivity contribution in [3.05, 3.63) is 194 Å². The van der Waals surface area contributed by atoms with Crippen LogP contribution in [0.25, 0.3) is 98.2 Å². The normalized spacial score (nSPS) is 11.4. The SMILES string of the molecule is c1ccc(-c2cccc(-c3cc(-c4cc(-c5ccccc5)nc(-c5ccccc5)n4)cc(-c4cc5ccccc5c5sc6ccccc6c45)c3)c2)cc1. The summed E-state index contributed by atoms with van der Waals surface area (Å²) in [5, 5.41) is 5.10. The quantitative estimate of drug-likeness (QED) is 0.173. The molecule has 0 saturated heterocycles. The lowest BCUT2D eigenvalue weighted by atomic mass is 9.90. The van der Waals surface area contributed by atoms with Gasteiger partial charge < -0.3 is 0 Å². The number of nitrogens with zero attached hydrogens (tertiary/aromatic N) is 2. The van der Waals surface area contributed by atoms with Gasteiger partial charge in [-0.1, -0.05) is 152 Å². The van der Waals surface area contributed by atoms with Crippen LogP contribution >= 0.6 is 11.3 Å². The van der Waals surface area contributed by atoms with Crippen LogP contribution in [0.5, 0.6) is 0 Å². The molecule has 0 aliphatic rings. The van der Waals surface area contributed by atoms with Crippen LogP contribution in [0.1, 0.15) is 0 Å². The Morgan fingerprint density at radius 1 is 0.340 bits per heavy atom. The first-order chi connectivity index (χ1) is 26.2. The van der Waals surface area contributed by atoms with Gasteiger partial charge in [-0.25, -0.2) is 9.97 Å². The molecular formula is C50H32N2S. The molecule has 0 bridgehead atoms. The van der Waals surface area contributed by atoms with Crippen LogP contribution in [0.3, 0.4) is 0 Å². The van der Waals surface area contributed by atoms with Gasteiger partial charge in [0.2, 0.25) is 0 Å². The van der Waals surface area contributed by atoms with Gasteiger partial charge in [-0.2, -0.15) is 0 Å². The molecule has 3 heteroatoms. The number of fused-ring (bicyclic) bond motifs is 5. The number of thiophene rings is 1. The lowest BCUT2D eigenvalue weighted by Crippen LogP contribution is -1.96. The third kappa shape index (κ3) is 5.78. The molecule has 0 fully saturated rings. The molecule has 0 aliphatic carbocycles. The summed E-state index contributed by atoms with van der Waals surface area (Å²) >= 11 is 1.88. The molecule has 248 valence electrons. The fourth-order valence-corrected chi connectivity index (χ4v) is 8.73. The highest BCUT2D eigenvalue weighted by Gasteiger charge is 2.18. The van der Waals surface area contributed by atoms with E-state index in [1.54, 1.807) is 0 Å². The van der Waals surface area contributed by atoms with Crippen LogP contribution in [-0.4, -0.2) is 9.97 Å². The largest absolute Gasteiger partial charge is 0.228 e. The lowest BCUT2D eigenvalue weighted by Gasteiger charge is -2.15. The molecule has 8 aromatic carbocycles. The van der Waals surface area contributed by atoms with Gasteiger partial charge in [-0.3, -0.25) is 0 Å². The van der Waals surface area contributed by atoms with E-state index >= 15 is 0 Å². The first-order valence-corrected chi connectivity index (χ1v) is 18.7. The van der Waals surface area contributed by atoms with Crippen LogP contribution in [0, 0.1) is 0 Å². The zero-order valence-electron chi connectivity index (χ0n) is 28.8. The minimum atomic E-state index is 0.705. The smallest absolute Gasteiger partial charge is 0.160 e. The average Bonchev–Trinajstić information content (AvgIpc) is 3.64. The van der Waals surface area contributed by atoms with Crippen LogP contribution in [0.4, 0.5) is 0 Å². The summed E-state index contributed by atoms with van der Waals surface area (Å²) in [6.45, 7) is 0. The summed E-state index contributed by atoms with van der Waals surface area (Å²) in [6, 6.07) is 69.3. The Morgan fingerprint density at radius 2 is 0.868 bits per heavy atom. The standard InChI is InChI=1S/C50H32N2S/c1-4-15-33(16-5-1)36-22-14-23-37(27-36)39-28-40(44-31-38-21-10-11-24-42(38)49-48(44)43-25-12-13-26-47(43)53-49)30-41(29-39)46-32-45(34-17-6-2-7-18-34)51-50(52-46)35-19-8-3-9-20-35/h1-32H. The fourth-order valence-electron chi connectivity index (χ4n) is 7.46. The van der Waals surface area contributed by atoms with E-state index in [2.05, 4.69) is 170 Å². The maximum atomic E-state index is 5.28. The summed E-state index contributed by atoms with van der Waals surface area (Å²) in [4.78, 5) is 10.4. The second-order valence-corrected chi connectivity index (χ2v) is 14.4. The molecule has 0 atom stereocenters. The molecule has 0 N–H and O–H groups in total. The molecule has 2 nitrogen and oxygen atoms in total. The number of rotatable bonds is 6. The fraction of sp³-hybridized carbons (Fsp3) is 0. The van der Waals surface area contributed by atoms with E-state index in [0.717, 1.165) is 44.8 Å². The number of hydrogen-bond donors (Lipinski definition) is 0. The Kier molecular flexibility index (Phi) is 7.71. The minimum Gasteiger partial charge on any atom is -0.228 e. The van der Waals surface area contributed by atoms with Crippen LogP contribution in [0.15, 0.2) is 194 Å². The maximum Gasteiger partial charge on any atom is 0.160 e. The van der Waals surface area contributed by atoms with E-state index in [4.69, 9.17) is 9.97 Å². The zero-order valence-corrected chi connectivity index (χ0v) is 29.6. The van der Waals surface area contributed by atoms with Gasteiger partial charge in [0.25, 0.3) is 0 Å². The summed E-state index contributed by atoms with van der Waals surface area (Å²) in [5.41, 5.74) is 11.9. The molecule has 10 rings (SSSR count). The third-order valence-corrected chi connectivity index (χ3v) is 11.2. The van der Waals surface area contributed by atoms with Crippen LogP contribution in [0.2, 0.25) is 0 Å². The molecule has 0 spiro atoms. The second kappa shape index (κ2) is 13.1. The van der Waals surface area contributed by atoms with Crippen molar-refractivity contribution in [1.29, 1.82) is 0 Å². The van der Waals surface area contributed by atoms with E-state index in [1.807, 2.05) is 35.6 Å². The van der Waals surface area contributed by atoms with Crippen molar-refractivity contribution < 1.29 is 0 Å². The summed E-state index contributed by atoms with van der Waals surface area (Å²) < 4.78 is 2.61. The Hall–Kier alpha value is -6.68. The minimum absolute atomic E-state index is 0.705. The summed E-state index contributed by atoms with van der Waals surface area (Å²) in [6.07, 6.45) is 0. The molecule has 0 aliphatic heterocycles. The van der Waals surface area contributed by atoms with Gasteiger partial charge in [0.1, 0.15) is 0 Å². The Balaban J connectivity index is 1.26. The second-order valence-electron chi connectivity index (χ2n) is 13.4. The Morgan fingerprint density at radius 3 is 1.62 bits per heavy atom. The van der Waals surface area contributed by atoms with Crippen molar-refractivity contribution in [3.8, 4) is 67.3 Å². The molecular weight excluding hydrogens is 661 g/mol. The van der Waals surface area contributed by atoms with Crippen molar-refractivity contribution in [2.75, 3.05) is 0 Å². The first kappa shape index (κ1) is 31.1. The van der Waals surface area contributed by atoms with E-state index in [0.29, 0.717) is 5.82 Å². The highest BCUT2D eigenvalue weighted by molar-refractivity contribution is 7.26. The molecule has 53 heavy (non-hydrogen) atoms. The molecule has 10 aromatic rings. The Labute approximate surface area is 312 Å². The Bertz CT molecular complexity index is 2870. The van der Waals surface area contributed by atoms with Gasteiger partial charge in [-0.05, 0) is 86.6 Å². The number of hydrogen-bond acceptors (Lipinski definition) is 3. The average molecular weight is 693 g/mol. The van der Waals surface area contributed by atoms with E-state index in [1.165, 1.54) is 47.6 Å². The third-order valence-electron chi connectivity index (χ3n) is 10.0. The van der Waals surface area contributed by atoms with Gasteiger partial charge >= 0.3 is 0 Å². The predicted octanol–water partition coefficient (Wildman–Crippen LogP) is 14.0. The van der Waals surface area contributed by atoms with Crippen LogP contribution < -0.4 is 0 Å². The van der Waals surface area contributed by atoms with Gasteiger partial charge in [0.05, 0.1) is 11.4 Å². The van der Waals surface area contributed by atoms with Gasteiger partial charge in [0, 0.05) is 36.9 Å². The number of benzene rings is 8. The topological polar surface area (TPSA) is 25.8 Å². The summed E-state index contributed by atoms with van der Waals surface area (Å²) in [5.74, 6) is 0.705. The molecule has 0 radical (unpaired) electrons. The zero-order chi connectivity index (χ0) is 35.1. The predicted molar refractivity (Wildman–Crippen MR) is 225 cm³/mol. The molecule has 0 amide bonds. The van der Waals surface area contributed by atoms with E-state index < -0.39 is 0 Å². The first-order valence-electron chi connectivity index (χ1n) is 17.9. The highest BCUT2D eigenvalue weighted by atomic mass is 32.1. The molecule has 0 unspecified atom stereocenters. The van der Waals surface area contributed by atoms with Crippen molar-refractivity contribution in [3.63, 3.8) is 0 Å². The number of aromatic nitrogens is 2. The maximum absolute atomic E-state index is 5.28. The van der Waals surface area contributed by atoms with Gasteiger partial charge in [0.15, 0.2) is 5.82 Å². The van der Waals surface area contributed by atoms with Crippen LogP contribution in [-0.2, 0) is 0 Å². The van der Waals surface area contributed by atoms with Crippen molar-refractivity contribution in [2.24, 2.45) is 0 Å². The highest BCUT2D eigenvalue weighted by Crippen LogP contribution is 2.45. The van der Waals surface area contributed by atoms with Crippen molar-refractivity contribution >= 4 is 42.3 Å². The van der Waals surface area contributed by atoms with Gasteiger partial charge in [-0.15, -0.1) is 11.3 Å². The monoisotopic (exact) mass is 692 g/mol. The molecule has 2 heterocycles. The van der Waals surface area contributed by atoms with Crippen molar-refractivity contribution in [2.45, 2.75) is 0 Å². The summed E-state index contributed by atoms with van der Waals surface area (Å²) in [7, 11) is 0.